The zero-order valence-corrected chi connectivity index (χ0v) is 23.6. The van der Waals surface area contributed by atoms with Gasteiger partial charge in [0.25, 0.3) is 12.7 Å². The van der Waals surface area contributed by atoms with Gasteiger partial charge in [-0.3, -0.25) is 9.47 Å². The van der Waals surface area contributed by atoms with Crippen molar-refractivity contribution in [3.63, 3.8) is 0 Å². The van der Waals surface area contributed by atoms with Gasteiger partial charge in [-0.25, -0.2) is 8.78 Å². The van der Waals surface area contributed by atoms with E-state index in [-0.39, 0.29) is 13.0 Å². The molecule has 0 fully saturated rings. The van der Waals surface area contributed by atoms with Crippen molar-refractivity contribution < 1.29 is 116 Å². The molecule has 0 N–H and O–H groups in total. The van der Waals surface area contributed by atoms with Gasteiger partial charge >= 0.3 is 48.6 Å². The molecule has 0 aromatic rings. The molecule has 0 radical (unpaired) electrons. The first-order valence-corrected chi connectivity index (χ1v) is 12.1. The Labute approximate surface area is 250 Å². The van der Waals surface area contributed by atoms with Gasteiger partial charge in [-0.1, -0.05) is 0 Å². The van der Waals surface area contributed by atoms with Crippen LogP contribution in [0.3, 0.4) is 0 Å². The standard InChI is InChI=1S/C21H24F20O6/c1-9(2)42-6-5-13(3,4)43-7-10(45-15(26,27)12(23)47-21(40,41)17(30,31)19(35,36)37)8-44-14(24,25)11(22)46-20(38,39)16(28,29)18(32,33)34/h9-12H,5-8H2,1-4H3. The Morgan fingerprint density at radius 1 is 0.511 bits per heavy atom. The Balaban J connectivity index is 6.10. The van der Waals surface area contributed by atoms with Crippen molar-refractivity contribution in [2.24, 2.45) is 0 Å². The third kappa shape index (κ3) is 12.3. The molecule has 0 aromatic carbocycles. The summed E-state index contributed by atoms with van der Waals surface area (Å²) in [5, 5.41) is 0. The van der Waals surface area contributed by atoms with Gasteiger partial charge in [-0.05, 0) is 34.1 Å². The summed E-state index contributed by atoms with van der Waals surface area (Å²) in [4.78, 5) is 0. The molecule has 0 aliphatic rings. The van der Waals surface area contributed by atoms with E-state index in [4.69, 9.17) is 9.47 Å². The minimum atomic E-state index is -7.32. The maximum atomic E-state index is 14.1. The van der Waals surface area contributed by atoms with E-state index >= 15 is 0 Å². The molecule has 0 aliphatic heterocycles. The molecule has 0 aromatic heterocycles. The number of alkyl halides is 20. The van der Waals surface area contributed by atoms with Crippen molar-refractivity contribution in [1.29, 1.82) is 0 Å². The molecule has 0 saturated heterocycles. The van der Waals surface area contributed by atoms with Crippen LogP contribution in [0.4, 0.5) is 87.8 Å². The normalized spacial score (nSPS) is 17.3. The molecular weight excluding hydrogens is 728 g/mol. The maximum absolute atomic E-state index is 14.1. The van der Waals surface area contributed by atoms with E-state index in [0.717, 1.165) is 13.8 Å². The highest BCUT2D eigenvalue weighted by Gasteiger charge is 2.77. The fraction of sp³-hybridized carbons (Fsp3) is 1.00. The van der Waals surface area contributed by atoms with Gasteiger partial charge in [0.05, 0.1) is 24.9 Å². The van der Waals surface area contributed by atoms with Crippen LogP contribution in [-0.2, 0) is 28.4 Å². The van der Waals surface area contributed by atoms with Crippen molar-refractivity contribution in [3.05, 3.63) is 0 Å². The lowest BCUT2D eigenvalue weighted by atomic mass is 10.1. The van der Waals surface area contributed by atoms with Gasteiger partial charge < -0.3 is 18.9 Å². The summed E-state index contributed by atoms with van der Waals surface area (Å²) in [6.45, 7) is 0.983. The van der Waals surface area contributed by atoms with Gasteiger partial charge in [0.1, 0.15) is 6.10 Å². The molecular formula is C21H24F20O6. The minimum Gasteiger partial charge on any atom is -0.379 e. The van der Waals surface area contributed by atoms with Crippen LogP contribution in [0.25, 0.3) is 0 Å². The third-order valence-electron chi connectivity index (χ3n) is 5.08. The number of hydrogen-bond acceptors (Lipinski definition) is 6. The van der Waals surface area contributed by atoms with Crippen LogP contribution in [-0.4, -0.2) is 99.0 Å². The predicted octanol–water partition coefficient (Wildman–Crippen LogP) is 8.39. The Morgan fingerprint density at radius 2 is 0.872 bits per heavy atom. The Kier molecular flexibility index (Phi) is 14.6. The molecule has 6 nitrogen and oxygen atoms in total. The van der Waals surface area contributed by atoms with Gasteiger partial charge in [-0.15, -0.1) is 0 Å². The first kappa shape index (κ1) is 45.4. The van der Waals surface area contributed by atoms with Crippen molar-refractivity contribution in [2.45, 2.75) is 113 Å². The molecule has 0 amide bonds. The number of halogens is 20. The summed E-state index contributed by atoms with van der Waals surface area (Å²) >= 11 is 0. The number of hydrogen-bond donors (Lipinski definition) is 0. The first-order valence-electron chi connectivity index (χ1n) is 12.1. The molecule has 0 heterocycles. The lowest BCUT2D eigenvalue weighted by Gasteiger charge is -2.34. The van der Waals surface area contributed by atoms with Crippen LogP contribution in [0.1, 0.15) is 34.1 Å². The topological polar surface area (TPSA) is 55.4 Å². The average Bonchev–Trinajstić information content (AvgIpc) is 2.83. The number of rotatable bonds is 20. The summed E-state index contributed by atoms with van der Waals surface area (Å²) in [7, 11) is 0. The SMILES string of the molecule is CC(C)OCCC(C)(C)OCC(COC(F)(F)C(F)OC(F)(F)C(F)(F)C(F)(F)F)OC(F)(F)C(F)OC(F)(F)C(F)(F)C(F)(F)F. The molecule has 3 unspecified atom stereocenters. The van der Waals surface area contributed by atoms with Crippen molar-refractivity contribution in [3.8, 4) is 0 Å². The van der Waals surface area contributed by atoms with E-state index in [0.29, 0.717) is 0 Å². The van der Waals surface area contributed by atoms with Crippen molar-refractivity contribution in [2.75, 3.05) is 19.8 Å². The third-order valence-corrected chi connectivity index (χ3v) is 5.08. The maximum Gasteiger partial charge on any atom is 0.462 e. The molecule has 0 spiro atoms. The summed E-state index contributed by atoms with van der Waals surface area (Å²) < 4.78 is 282. The van der Waals surface area contributed by atoms with Gasteiger partial charge in [0, 0.05) is 6.61 Å². The molecule has 0 aliphatic carbocycles. The summed E-state index contributed by atoms with van der Waals surface area (Å²) in [6.07, 6.45) is -55.2. The Hall–Kier alpha value is -1.64. The molecule has 0 bridgehead atoms. The predicted molar refractivity (Wildman–Crippen MR) is 110 cm³/mol. The fourth-order valence-corrected chi connectivity index (χ4v) is 2.47. The second-order valence-corrected chi connectivity index (χ2v) is 9.96. The minimum absolute atomic E-state index is 0.193. The highest BCUT2D eigenvalue weighted by atomic mass is 19.4. The second-order valence-electron chi connectivity index (χ2n) is 9.96. The highest BCUT2D eigenvalue weighted by molar-refractivity contribution is 4.87. The van der Waals surface area contributed by atoms with E-state index in [1.54, 1.807) is 0 Å². The summed E-state index contributed by atoms with van der Waals surface area (Å²) in [6, 6.07) is 0. The lowest BCUT2D eigenvalue weighted by Crippen LogP contribution is -2.56. The zero-order chi connectivity index (χ0) is 37.9. The van der Waals surface area contributed by atoms with Crippen LogP contribution in [0.5, 0.6) is 0 Å². The van der Waals surface area contributed by atoms with Gasteiger partial charge in [0.15, 0.2) is 0 Å². The highest BCUT2D eigenvalue weighted by Crippen LogP contribution is 2.50. The second kappa shape index (κ2) is 15.1. The largest absolute Gasteiger partial charge is 0.462 e. The first-order chi connectivity index (χ1) is 20.5. The molecule has 47 heavy (non-hydrogen) atoms. The number of ether oxygens (including phenoxy) is 6. The zero-order valence-electron chi connectivity index (χ0n) is 23.6. The van der Waals surface area contributed by atoms with Crippen LogP contribution < -0.4 is 0 Å². The lowest BCUT2D eigenvalue weighted by molar-refractivity contribution is -0.472. The van der Waals surface area contributed by atoms with Crippen molar-refractivity contribution >= 4 is 0 Å². The van der Waals surface area contributed by atoms with E-state index in [1.165, 1.54) is 13.8 Å². The molecule has 26 heteroatoms. The van der Waals surface area contributed by atoms with Crippen molar-refractivity contribution in [1.82, 2.24) is 0 Å². The van der Waals surface area contributed by atoms with Gasteiger partial charge in [0.2, 0.25) is 0 Å². The van der Waals surface area contributed by atoms with E-state index in [9.17, 15) is 87.8 Å². The smallest absolute Gasteiger partial charge is 0.379 e. The molecule has 284 valence electrons. The molecule has 0 rings (SSSR count). The van der Waals surface area contributed by atoms with Gasteiger partial charge in [-0.2, -0.15) is 79.0 Å². The van der Waals surface area contributed by atoms with Crippen LogP contribution >= 0.6 is 0 Å². The molecule has 0 saturated carbocycles. The summed E-state index contributed by atoms with van der Waals surface area (Å²) in [5.41, 5.74) is -1.61. The monoisotopic (exact) mass is 752 g/mol. The van der Waals surface area contributed by atoms with Crippen LogP contribution in [0.15, 0.2) is 0 Å². The molecule has 3 atom stereocenters. The Morgan fingerprint density at radius 3 is 1.23 bits per heavy atom. The summed E-state index contributed by atoms with van der Waals surface area (Å²) in [5.74, 6) is -14.6. The van der Waals surface area contributed by atoms with Crippen LogP contribution in [0, 0.1) is 0 Å². The Bertz CT molecular complexity index is 968. The average molecular weight is 752 g/mol. The quantitative estimate of drug-likeness (QED) is 0.117. The fourth-order valence-electron chi connectivity index (χ4n) is 2.47. The van der Waals surface area contributed by atoms with E-state index in [1.807, 2.05) is 0 Å². The van der Waals surface area contributed by atoms with E-state index in [2.05, 4.69) is 18.9 Å². The van der Waals surface area contributed by atoms with E-state index < -0.39 is 92.4 Å². The van der Waals surface area contributed by atoms with Crippen LogP contribution in [0.2, 0.25) is 0 Å².